The van der Waals surface area contributed by atoms with E-state index in [9.17, 15) is 9.18 Å². The van der Waals surface area contributed by atoms with E-state index in [0.717, 1.165) is 11.5 Å². The lowest BCUT2D eigenvalue weighted by Crippen LogP contribution is -1.99. The Kier molecular flexibility index (Phi) is 3.63. The molecule has 0 atom stereocenters. The van der Waals surface area contributed by atoms with Gasteiger partial charge in [-0.05, 0) is 43.6 Å². The Balaban J connectivity index is 2.40. The van der Waals surface area contributed by atoms with Gasteiger partial charge in [-0.3, -0.25) is 4.79 Å². The number of nitrogens with one attached hydrogen (secondary N) is 1. The quantitative estimate of drug-likeness (QED) is 0.859. The van der Waals surface area contributed by atoms with Crippen molar-refractivity contribution in [2.24, 2.45) is 0 Å². The standard InChI is InChI=1S/C12H10ClFN2OS/c1-6-11(7(2)17)12(18-16-6)15-10-5-8(13)3-4-9(10)14/h3-5,15H,1-2H3. The number of hydrogen-bond donors (Lipinski definition) is 1. The van der Waals surface area contributed by atoms with Crippen LogP contribution in [0, 0.1) is 12.7 Å². The van der Waals surface area contributed by atoms with Crippen LogP contribution in [0.25, 0.3) is 0 Å². The number of carbonyl (C=O) groups excluding carboxylic acids is 1. The molecule has 0 bridgehead atoms. The molecule has 0 aliphatic heterocycles. The fourth-order valence-corrected chi connectivity index (χ4v) is 2.62. The molecule has 0 aliphatic carbocycles. The van der Waals surface area contributed by atoms with Gasteiger partial charge in [-0.2, -0.15) is 4.37 Å². The fraction of sp³-hybridized carbons (Fsp3) is 0.167. The number of Topliss-reactive ketones (excluding diaryl/α,β-unsaturated/α-hetero) is 1. The van der Waals surface area contributed by atoms with Gasteiger partial charge in [0.1, 0.15) is 10.8 Å². The predicted molar refractivity (Wildman–Crippen MR) is 71.5 cm³/mol. The van der Waals surface area contributed by atoms with Crippen LogP contribution >= 0.6 is 23.1 Å². The molecule has 0 spiro atoms. The molecule has 1 aromatic carbocycles. The number of hydrogen-bond acceptors (Lipinski definition) is 4. The largest absolute Gasteiger partial charge is 0.343 e. The van der Waals surface area contributed by atoms with Gasteiger partial charge in [0.25, 0.3) is 0 Å². The van der Waals surface area contributed by atoms with Crippen LogP contribution in [-0.4, -0.2) is 10.2 Å². The van der Waals surface area contributed by atoms with Gasteiger partial charge in [-0.25, -0.2) is 4.39 Å². The van der Waals surface area contributed by atoms with Crippen LogP contribution < -0.4 is 5.32 Å². The molecule has 18 heavy (non-hydrogen) atoms. The van der Waals surface area contributed by atoms with E-state index in [-0.39, 0.29) is 11.5 Å². The van der Waals surface area contributed by atoms with E-state index in [4.69, 9.17) is 11.6 Å². The minimum absolute atomic E-state index is 0.105. The molecular weight excluding hydrogens is 275 g/mol. The van der Waals surface area contributed by atoms with E-state index >= 15 is 0 Å². The molecule has 2 rings (SSSR count). The van der Waals surface area contributed by atoms with E-state index < -0.39 is 5.82 Å². The first-order valence-corrected chi connectivity index (χ1v) is 6.33. The van der Waals surface area contributed by atoms with Crippen molar-refractivity contribution in [2.45, 2.75) is 13.8 Å². The third kappa shape index (κ3) is 2.52. The van der Waals surface area contributed by atoms with Gasteiger partial charge in [0.2, 0.25) is 0 Å². The Bertz CT molecular complexity index is 612. The Morgan fingerprint density at radius 3 is 2.89 bits per heavy atom. The zero-order chi connectivity index (χ0) is 13.3. The van der Waals surface area contributed by atoms with Gasteiger partial charge in [0.05, 0.1) is 16.9 Å². The highest BCUT2D eigenvalue weighted by molar-refractivity contribution is 7.10. The van der Waals surface area contributed by atoms with Gasteiger partial charge < -0.3 is 5.32 Å². The molecule has 0 saturated carbocycles. The van der Waals surface area contributed by atoms with E-state index in [1.165, 1.54) is 25.1 Å². The second kappa shape index (κ2) is 5.04. The van der Waals surface area contributed by atoms with Crippen LogP contribution in [0.4, 0.5) is 15.1 Å². The molecule has 94 valence electrons. The lowest BCUT2D eigenvalue weighted by molar-refractivity contribution is 0.101. The third-order valence-corrected chi connectivity index (χ3v) is 3.48. The molecule has 0 fully saturated rings. The maximum atomic E-state index is 13.6. The maximum absolute atomic E-state index is 13.6. The second-order valence-corrected chi connectivity index (χ2v) is 4.99. The Hall–Kier alpha value is -1.46. The van der Waals surface area contributed by atoms with Crippen molar-refractivity contribution in [1.29, 1.82) is 0 Å². The highest BCUT2D eigenvalue weighted by atomic mass is 35.5. The number of benzene rings is 1. The summed E-state index contributed by atoms with van der Waals surface area (Å²) in [5, 5.41) is 3.81. The first-order chi connectivity index (χ1) is 8.49. The minimum Gasteiger partial charge on any atom is -0.343 e. The van der Waals surface area contributed by atoms with Gasteiger partial charge in [-0.15, -0.1) is 0 Å². The normalized spacial score (nSPS) is 10.4. The first-order valence-electron chi connectivity index (χ1n) is 5.18. The molecule has 1 heterocycles. The van der Waals surface area contributed by atoms with E-state index in [1.807, 2.05) is 0 Å². The molecule has 2 aromatic rings. The first kappa shape index (κ1) is 13.0. The van der Waals surface area contributed by atoms with Gasteiger partial charge in [0, 0.05) is 5.02 Å². The van der Waals surface area contributed by atoms with Crippen LogP contribution in [0.3, 0.4) is 0 Å². The number of halogens is 2. The number of carbonyl (C=O) groups is 1. The van der Waals surface area contributed by atoms with E-state index in [2.05, 4.69) is 9.69 Å². The SMILES string of the molecule is CC(=O)c1c(C)nsc1Nc1cc(Cl)ccc1F. The summed E-state index contributed by atoms with van der Waals surface area (Å²) in [6.07, 6.45) is 0. The molecule has 1 N–H and O–H groups in total. The Labute approximate surface area is 113 Å². The summed E-state index contributed by atoms with van der Waals surface area (Å²) in [7, 11) is 0. The molecule has 6 heteroatoms. The lowest BCUT2D eigenvalue weighted by atomic mass is 10.2. The average Bonchev–Trinajstić information content (AvgIpc) is 2.65. The Morgan fingerprint density at radius 2 is 2.22 bits per heavy atom. The van der Waals surface area contributed by atoms with Crippen molar-refractivity contribution >= 4 is 39.6 Å². The lowest BCUT2D eigenvalue weighted by Gasteiger charge is -2.07. The molecule has 0 aliphatic rings. The van der Waals surface area contributed by atoms with E-state index in [0.29, 0.717) is 21.3 Å². The van der Waals surface area contributed by atoms with Gasteiger partial charge >= 0.3 is 0 Å². The number of nitrogens with zero attached hydrogens (tertiary/aromatic N) is 1. The fourth-order valence-electron chi connectivity index (χ4n) is 1.59. The van der Waals surface area contributed by atoms with Crippen molar-refractivity contribution in [1.82, 2.24) is 4.37 Å². The zero-order valence-electron chi connectivity index (χ0n) is 9.75. The van der Waals surface area contributed by atoms with Crippen molar-refractivity contribution in [3.8, 4) is 0 Å². The summed E-state index contributed by atoms with van der Waals surface area (Å²) in [6, 6.07) is 4.20. The topological polar surface area (TPSA) is 42.0 Å². The smallest absolute Gasteiger partial charge is 0.164 e. The minimum atomic E-state index is -0.431. The van der Waals surface area contributed by atoms with Crippen molar-refractivity contribution in [3.63, 3.8) is 0 Å². The number of ketones is 1. The van der Waals surface area contributed by atoms with Crippen LogP contribution in [0.2, 0.25) is 5.02 Å². The van der Waals surface area contributed by atoms with Crippen molar-refractivity contribution < 1.29 is 9.18 Å². The van der Waals surface area contributed by atoms with Crippen LogP contribution in [-0.2, 0) is 0 Å². The summed E-state index contributed by atoms with van der Waals surface area (Å²) in [5.74, 6) is -0.536. The predicted octanol–water partition coefficient (Wildman–Crippen LogP) is 4.19. The molecule has 3 nitrogen and oxygen atoms in total. The van der Waals surface area contributed by atoms with Crippen LogP contribution in [0.5, 0.6) is 0 Å². The Morgan fingerprint density at radius 1 is 1.50 bits per heavy atom. The van der Waals surface area contributed by atoms with Crippen molar-refractivity contribution in [2.75, 3.05) is 5.32 Å². The highest BCUT2D eigenvalue weighted by Crippen LogP contribution is 2.30. The molecular formula is C12H10ClFN2OS. The number of aromatic nitrogens is 1. The molecule has 0 amide bonds. The van der Waals surface area contributed by atoms with Gasteiger partial charge in [-0.1, -0.05) is 11.6 Å². The summed E-state index contributed by atoms with van der Waals surface area (Å²) < 4.78 is 17.7. The molecule has 0 saturated heterocycles. The summed E-state index contributed by atoms with van der Waals surface area (Å²) >= 11 is 6.93. The zero-order valence-corrected chi connectivity index (χ0v) is 11.3. The molecule has 0 unspecified atom stereocenters. The van der Waals surface area contributed by atoms with Crippen LogP contribution in [0.1, 0.15) is 23.0 Å². The number of rotatable bonds is 3. The number of aryl methyl sites for hydroxylation is 1. The number of anilines is 2. The van der Waals surface area contributed by atoms with E-state index in [1.54, 1.807) is 6.92 Å². The van der Waals surface area contributed by atoms with Gasteiger partial charge in [0.15, 0.2) is 5.78 Å². The maximum Gasteiger partial charge on any atom is 0.164 e. The molecule has 0 radical (unpaired) electrons. The summed E-state index contributed by atoms with van der Waals surface area (Å²) in [4.78, 5) is 11.5. The summed E-state index contributed by atoms with van der Waals surface area (Å²) in [6.45, 7) is 3.20. The van der Waals surface area contributed by atoms with Crippen molar-refractivity contribution in [3.05, 3.63) is 40.3 Å². The molecule has 1 aromatic heterocycles. The average molecular weight is 285 g/mol. The third-order valence-electron chi connectivity index (χ3n) is 2.39. The summed E-state index contributed by atoms with van der Waals surface area (Å²) in [5.41, 5.74) is 1.35. The highest BCUT2D eigenvalue weighted by Gasteiger charge is 2.16. The monoisotopic (exact) mass is 284 g/mol. The van der Waals surface area contributed by atoms with Crippen LogP contribution in [0.15, 0.2) is 18.2 Å². The second-order valence-electron chi connectivity index (χ2n) is 3.78.